The zero-order valence-electron chi connectivity index (χ0n) is 22.3. The minimum atomic E-state index is -1.63. The summed E-state index contributed by atoms with van der Waals surface area (Å²) in [6, 6.07) is 27.7. The zero-order valence-corrected chi connectivity index (χ0v) is 23.3. The molecule has 0 radical (unpaired) electrons. The fraction of sp³-hybridized carbons (Fsp3) is 0.344. The summed E-state index contributed by atoms with van der Waals surface area (Å²) < 4.78 is 2.30. The first-order valence-electron chi connectivity index (χ1n) is 12.7. The second kappa shape index (κ2) is 9.15. The smallest absolute Gasteiger partial charge is 0.200 e. The standard InChI is InChI=1S/C32H40NSi/c1-9-34(10-2,32(5,6)7)28-16-17-29-26(21-28)18-19-33(8)31(29)30-22-27(20-23(3)24(30)4)25-14-12-11-13-15-25/h11-22H,9-10H2,1-8H3/q+1. The minimum Gasteiger partial charge on any atom is -0.200 e. The third-order valence-corrected chi connectivity index (χ3v) is 15.1. The molecule has 0 spiro atoms. The van der Waals surface area contributed by atoms with Crippen molar-refractivity contribution in [3.8, 4) is 22.4 Å². The van der Waals surface area contributed by atoms with Crippen LogP contribution in [-0.4, -0.2) is 8.07 Å². The molecule has 0 atom stereocenters. The highest BCUT2D eigenvalue weighted by Crippen LogP contribution is 2.42. The predicted octanol–water partition coefficient (Wildman–Crippen LogP) is 8.11. The van der Waals surface area contributed by atoms with E-state index < -0.39 is 8.07 Å². The molecule has 4 aromatic rings. The number of nitrogens with zero attached hydrogens (tertiary/aromatic N) is 1. The van der Waals surface area contributed by atoms with Gasteiger partial charge in [0, 0.05) is 6.07 Å². The second-order valence-electron chi connectivity index (χ2n) is 10.9. The van der Waals surface area contributed by atoms with Crippen molar-refractivity contribution in [2.45, 2.75) is 65.6 Å². The van der Waals surface area contributed by atoms with Gasteiger partial charge in [0.05, 0.1) is 19.0 Å². The number of hydrogen-bond acceptors (Lipinski definition) is 0. The average Bonchev–Trinajstić information content (AvgIpc) is 2.82. The van der Waals surface area contributed by atoms with E-state index in [9.17, 15) is 0 Å². The molecule has 0 aliphatic carbocycles. The normalized spacial score (nSPS) is 12.4. The molecule has 0 aliphatic rings. The highest BCUT2D eigenvalue weighted by molar-refractivity contribution is 6.94. The van der Waals surface area contributed by atoms with Gasteiger partial charge in [-0.05, 0) is 58.7 Å². The minimum absolute atomic E-state index is 0.337. The molecule has 0 N–H and O–H groups in total. The molecule has 1 heterocycles. The summed E-state index contributed by atoms with van der Waals surface area (Å²) in [5.41, 5.74) is 7.87. The van der Waals surface area contributed by atoms with E-state index in [0.717, 1.165) is 0 Å². The number of aryl methyl sites for hydroxylation is 2. The quantitative estimate of drug-likeness (QED) is 0.206. The average molecular weight is 467 g/mol. The molecule has 0 aliphatic heterocycles. The largest absolute Gasteiger partial charge is 0.220 e. The van der Waals surface area contributed by atoms with Crippen LogP contribution < -0.4 is 9.75 Å². The number of rotatable bonds is 5. The lowest BCUT2D eigenvalue weighted by Gasteiger charge is -2.42. The third-order valence-electron chi connectivity index (χ3n) is 8.36. The van der Waals surface area contributed by atoms with Crippen LogP contribution in [0.4, 0.5) is 0 Å². The first-order valence-corrected chi connectivity index (χ1v) is 15.1. The molecule has 2 heteroatoms. The molecule has 0 saturated heterocycles. The van der Waals surface area contributed by atoms with Gasteiger partial charge in [-0.3, -0.25) is 0 Å². The first kappa shape index (κ1) is 24.4. The van der Waals surface area contributed by atoms with Crippen LogP contribution in [0.15, 0.2) is 72.9 Å². The van der Waals surface area contributed by atoms with Gasteiger partial charge in [0.1, 0.15) is 7.05 Å². The van der Waals surface area contributed by atoms with E-state index in [2.05, 4.69) is 133 Å². The van der Waals surface area contributed by atoms with Crippen LogP contribution >= 0.6 is 0 Å². The monoisotopic (exact) mass is 466 g/mol. The van der Waals surface area contributed by atoms with Crippen LogP contribution in [0, 0.1) is 13.8 Å². The molecule has 1 nitrogen and oxygen atoms in total. The summed E-state index contributed by atoms with van der Waals surface area (Å²) in [4.78, 5) is 0. The van der Waals surface area contributed by atoms with Crippen LogP contribution in [0.1, 0.15) is 45.7 Å². The lowest BCUT2D eigenvalue weighted by Crippen LogP contribution is -2.53. The van der Waals surface area contributed by atoms with E-state index in [0.29, 0.717) is 5.04 Å². The van der Waals surface area contributed by atoms with Crippen molar-refractivity contribution in [2.75, 3.05) is 0 Å². The highest BCUT2D eigenvalue weighted by Gasteiger charge is 2.42. The van der Waals surface area contributed by atoms with Crippen LogP contribution in [-0.2, 0) is 7.05 Å². The molecule has 0 bridgehead atoms. The van der Waals surface area contributed by atoms with Gasteiger partial charge in [0.2, 0.25) is 5.69 Å². The van der Waals surface area contributed by atoms with Crippen molar-refractivity contribution >= 4 is 24.0 Å². The Morgan fingerprint density at radius 1 is 0.794 bits per heavy atom. The van der Waals surface area contributed by atoms with E-state index in [1.807, 2.05) is 0 Å². The van der Waals surface area contributed by atoms with Gasteiger partial charge in [-0.15, -0.1) is 0 Å². The van der Waals surface area contributed by atoms with Gasteiger partial charge < -0.3 is 0 Å². The number of aromatic nitrogens is 1. The lowest BCUT2D eigenvalue weighted by atomic mass is 9.92. The molecule has 0 unspecified atom stereocenters. The van der Waals surface area contributed by atoms with Crippen molar-refractivity contribution in [2.24, 2.45) is 7.05 Å². The van der Waals surface area contributed by atoms with Crippen LogP contribution in [0.2, 0.25) is 17.1 Å². The zero-order chi connectivity index (χ0) is 24.7. The molecule has 1 aromatic heterocycles. The summed E-state index contributed by atoms with van der Waals surface area (Å²) in [5.74, 6) is 0. The number of pyridine rings is 1. The Hall–Kier alpha value is -2.71. The summed E-state index contributed by atoms with van der Waals surface area (Å²) >= 11 is 0. The van der Waals surface area contributed by atoms with Gasteiger partial charge in [-0.25, -0.2) is 4.57 Å². The van der Waals surface area contributed by atoms with Crippen molar-refractivity contribution in [1.82, 2.24) is 0 Å². The maximum atomic E-state index is 2.52. The molecular formula is C32H40NSi+. The van der Waals surface area contributed by atoms with Crippen LogP contribution in [0.25, 0.3) is 33.2 Å². The topological polar surface area (TPSA) is 3.88 Å². The third kappa shape index (κ3) is 4.03. The Bertz CT molecular complexity index is 1320. The molecule has 0 saturated carbocycles. The number of fused-ring (bicyclic) bond motifs is 1. The van der Waals surface area contributed by atoms with Gasteiger partial charge in [-0.1, -0.05) is 100 Å². The SMILES string of the molecule is CC[Si](CC)(c1ccc2c(-c3cc(-c4ccccc4)cc(C)c3C)[n+](C)ccc2c1)C(C)(C)C. The molecular weight excluding hydrogens is 426 g/mol. The molecule has 3 aromatic carbocycles. The maximum absolute atomic E-state index is 2.52. The Balaban J connectivity index is 1.97. The Morgan fingerprint density at radius 2 is 1.47 bits per heavy atom. The fourth-order valence-electron chi connectivity index (χ4n) is 6.06. The Morgan fingerprint density at radius 3 is 2.09 bits per heavy atom. The van der Waals surface area contributed by atoms with Crippen LogP contribution in [0.5, 0.6) is 0 Å². The number of benzene rings is 3. The highest BCUT2D eigenvalue weighted by atomic mass is 28.3. The van der Waals surface area contributed by atoms with Gasteiger partial charge in [0.25, 0.3) is 0 Å². The molecule has 34 heavy (non-hydrogen) atoms. The van der Waals surface area contributed by atoms with Gasteiger partial charge in [0.15, 0.2) is 6.20 Å². The molecule has 176 valence electrons. The summed E-state index contributed by atoms with van der Waals surface area (Å²) in [5, 5.41) is 4.63. The lowest BCUT2D eigenvalue weighted by molar-refractivity contribution is -0.659. The van der Waals surface area contributed by atoms with E-state index in [1.165, 1.54) is 56.4 Å². The molecule has 0 amide bonds. The van der Waals surface area contributed by atoms with E-state index in [1.54, 1.807) is 5.19 Å². The van der Waals surface area contributed by atoms with Crippen LogP contribution in [0.3, 0.4) is 0 Å². The van der Waals surface area contributed by atoms with E-state index in [-0.39, 0.29) is 0 Å². The second-order valence-corrected chi connectivity index (χ2v) is 16.6. The first-order chi connectivity index (χ1) is 16.1. The maximum Gasteiger partial charge on any atom is 0.220 e. The van der Waals surface area contributed by atoms with Crippen molar-refractivity contribution in [1.29, 1.82) is 0 Å². The predicted molar refractivity (Wildman–Crippen MR) is 152 cm³/mol. The van der Waals surface area contributed by atoms with Crippen molar-refractivity contribution < 1.29 is 4.57 Å². The summed E-state index contributed by atoms with van der Waals surface area (Å²) in [6.07, 6.45) is 2.24. The summed E-state index contributed by atoms with van der Waals surface area (Å²) in [6.45, 7) is 16.7. The van der Waals surface area contributed by atoms with Gasteiger partial charge >= 0.3 is 0 Å². The van der Waals surface area contributed by atoms with Crippen molar-refractivity contribution in [3.05, 3.63) is 84.1 Å². The Kier molecular flexibility index (Phi) is 6.57. The summed E-state index contributed by atoms with van der Waals surface area (Å²) in [7, 11) is 0.551. The van der Waals surface area contributed by atoms with E-state index >= 15 is 0 Å². The fourth-order valence-corrected chi connectivity index (χ4v) is 11.2. The van der Waals surface area contributed by atoms with Crippen molar-refractivity contribution in [3.63, 3.8) is 0 Å². The van der Waals surface area contributed by atoms with Gasteiger partial charge in [-0.2, -0.15) is 0 Å². The molecule has 4 rings (SSSR count). The number of hydrogen-bond donors (Lipinski definition) is 0. The van der Waals surface area contributed by atoms with E-state index in [4.69, 9.17) is 0 Å². The Labute approximate surface area is 207 Å². The molecule has 0 fully saturated rings.